The van der Waals surface area contributed by atoms with E-state index >= 15 is 0 Å². The Labute approximate surface area is 150 Å². The normalized spacial score (nSPS) is 20.3. The van der Waals surface area contributed by atoms with Gasteiger partial charge in [-0.3, -0.25) is 0 Å². The SMILES string of the molecule is CC(C)(C)[Si](C)(C)OC1=CC2(CCCCC2)c2ccc(Br)cc21. The molecule has 1 saturated carbocycles. The summed E-state index contributed by atoms with van der Waals surface area (Å²) in [5.41, 5.74) is 3.05. The second-order valence-electron chi connectivity index (χ2n) is 8.78. The van der Waals surface area contributed by atoms with Gasteiger partial charge in [-0.2, -0.15) is 0 Å². The molecule has 23 heavy (non-hydrogen) atoms. The minimum Gasteiger partial charge on any atom is -0.543 e. The molecule has 0 heterocycles. The maximum absolute atomic E-state index is 6.75. The second-order valence-corrected chi connectivity index (χ2v) is 14.4. The van der Waals surface area contributed by atoms with Crippen LogP contribution in [-0.4, -0.2) is 8.32 Å². The molecule has 3 heteroatoms. The standard InChI is InChI=1S/C20H29BrOSi/c1-19(2,3)23(4,5)22-18-14-20(11-7-6-8-12-20)17-10-9-15(21)13-16(17)18/h9-10,13-14H,6-8,11-12H2,1-5H3. The fraction of sp³-hybridized carbons (Fsp3) is 0.600. The Balaban J connectivity index is 2.03. The molecule has 1 aromatic carbocycles. The number of halogens is 1. The summed E-state index contributed by atoms with van der Waals surface area (Å²) in [4.78, 5) is 0. The number of hydrogen-bond donors (Lipinski definition) is 0. The zero-order valence-corrected chi connectivity index (χ0v) is 17.7. The minimum atomic E-state index is -1.82. The van der Waals surface area contributed by atoms with Crippen molar-refractivity contribution in [2.45, 2.75) is 76.4 Å². The number of allylic oxidation sites excluding steroid dienone is 1. The van der Waals surface area contributed by atoms with Crippen LogP contribution in [0.25, 0.3) is 5.76 Å². The Morgan fingerprint density at radius 2 is 1.74 bits per heavy atom. The molecule has 1 aromatic rings. The quantitative estimate of drug-likeness (QED) is 0.490. The van der Waals surface area contributed by atoms with Crippen molar-refractivity contribution in [2.24, 2.45) is 0 Å². The summed E-state index contributed by atoms with van der Waals surface area (Å²) < 4.78 is 7.90. The molecule has 0 amide bonds. The van der Waals surface area contributed by atoms with E-state index < -0.39 is 8.32 Å². The third-order valence-corrected chi connectivity index (χ3v) is 10.9. The molecule has 1 fully saturated rings. The van der Waals surface area contributed by atoms with Crippen LogP contribution in [-0.2, 0) is 9.84 Å². The monoisotopic (exact) mass is 392 g/mol. The van der Waals surface area contributed by atoms with Crippen LogP contribution in [0, 0.1) is 0 Å². The van der Waals surface area contributed by atoms with Crippen molar-refractivity contribution in [1.29, 1.82) is 0 Å². The van der Waals surface area contributed by atoms with Crippen molar-refractivity contribution in [3.8, 4) is 0 Å². The smallest absolute Gasteiger partial charge is 0.250 e. The summed E-state index contributed by atoms with van der Waals surface area (Å²) in [6.45, 7) is 11.6. The maximum Gasteiger partial charge on any atom is 0.250 e. The zero-order valence-electron chi connectivity index (χ0n) is 15.1. The van der Waals surface area contributed by atoms with E-state index in [1.165, 1.54) is 43.2 Å². The molecule has 1 spiro atoms. The van der Waals surface area contributed by atoms with Crippen LogP contribution in [0.15, 0.2) is 28.7 Å². The number of benzene rings is 1. The van der Waals surface area contributed by atoms with Gasteiger partial charge in [-0.25, -0.2) is 0 Å². The van der Waals surface area contributed by atoms with E-state index in [-0.39, 0.29) is 10.5 Å². The van der Waals surface area contributed by atoms with Crippen LogP contribution in [0.2, 0.25) is 18.1 Å². The van der Waals surface area contributed by atoms with E-state index in [2.05, 4.69) is 74.1 Å². The van der Waals surface area contributed by atoms with Crippen LogP contribution < -0.4 is 0 Å². The Morgan fingerprint density at radius 3 is 2.35 bits per heavy atom. The van der Waals surface area contributed by atoms with Gasteiger partial charge in [0.25, 0.3) is 0 Å². The highest BCUT2D eigenvalue weighted by molar-refractivity contribution is 9.10. The molecule has 0 N–H and O–H groups in total. The number of fused-ring (bicyclic) bond motifs is 2. The van der Waals surface area contributed by atoms with Gasteiger partial charge in [0.15, 0.2) is 0 Å². The average Bonchev–Trinajstić information content (AvgIpc) is 2.71. The van der Waals surface area contributed by atoms with E-state index in [1.807, 2.05) is 0 Å². The van der Waals surface area contributed by atoms with Gasteiger partial charge in [0, 0.05) is 15.5 Å². The van der Waals surface area contributed by atoms with E-state index in [0.29, 0.717) is 0 Å². The lowest BCUT2D eigenvalue weighted by molar-refractivity contribution is 0.359. The lowest BCUT2D eigenvalue weighted by atomic mass is 9.71. The van der Waals surface area contributed by atoms with E-state index in [1.54, 1.807) is 0 Å². The predicted molar refractivity (Wildman–Crippen MR) is 105 cm³/mol. The Kier molecular flexibility index (Phi) is 4.33. The van der Waals surface area contributed by atoms with Gasteiger partial charge in [0.2, 0.25) is 8.32 Å². The molecular formula is C20H29BrOSi. The van der Waals surface area contributed by atoms with Gasteiger partial charge in [0.1, 0.15) is 5.76 Å². The first-order chi connectivity index (χ1) is 10.6. The van der Waals surface area contributed by atoms with E-state index in [4.69, 9.17) is 4.43 Å². The Bertz CT molecular complexity index is 634. The first-order valence-corrected chi connectivity index (χ1v) is 12.6. The molecule has 0 saturated heterocycles. The van der Waals surface area contributed by atoms with Crippen LogP contribution >= 0.6 is 15.9 Å². The highest BCUT2D eigenvalue weighted by Crippen LogP contribution is 2.51. The molecule has 126 valence electrons. The molecular weight excluding hydrogens is 364 g/mol. The summed E-state index contributed by atoms with van der Waals surface area (Å²) in [7, 11) is -1.82. The molecule has 0 aromatic heterocycles. The number of hydrogen-bond acceptors (Lipinski definition) is 1. The molecule has 0 aliphatic heterocycles. The summed E-state index contributed by atoms with van der Waals surface area (Å²) in [6.07, 6.45) is 9.06. The lowest BCUT2D eigenvalue weighted by Gasteiger charge is -2.37. The zero-order chi connectivity index (χ0) is 16.9. The molecule has 3 rings (SSSR count). The maximum atomic E-state index is 6.75. The molecule has 0 atom stereocenters. The molecule has 0 bridgehead atoms. The van der Waals surface area contributed by atoms with E-state index in [0.717, 1.165) is 10.2 Å². The van der Waals surface area contributed by atoms with Crippen LogP contribution in [0.3, 0.4) is 0 Å². The highest BCUT2D eigenvalue weighted by atomic mass is 79.9. The summed E-state index contributed by atoms with van der Waals surface area (Å²) in [6, 6.07) is 6.78. The molecule has 0 unspecified atom stereocenters. The third kappa shape index (κ3) is 3.07. The molecule has 1 nitrogen and oxygen atoms in total. The van der Waals surface area contributed by atoms with Crippen molar-refractivity contribution in [3.63, 3.8) is 0 Å². The van der Waals surface area contributed by atoms with Gasteiger partial charge in [-0.05, 0) is 54.7 Å². The van der Waals surface area contributed by atoms with Crippen molar-refractivity contribution >= 4 is 30.0 Å². The van der Waals surface area contributed by atoms with Gasteiger partial charge < -0.3 is 4.43 Å². The third-order valence-electron chi connectivity index (χ3n) is 6.11. The van der Waals surface area contributed by atoms with Crippen LogP contribution in [0.1, 0.15) is 64.0 Å². The lowest BCUT2D eigenvalue weighted by Crippen LogP contribution is -2.40. The van der Waals surface area contributed by atoms with Crippen molar-refractivity contribution in [2.75, 3.05) is 0 Å². The first-order valence-electron chi connectivity index (χ1n) is 8.87. The molecule has 2 aliphatic carbocycles. The van der Waals surface area contributed by atoms with Crippen LogP contribution in [0.5, 0.6) is 0 Å². The first kappa shape index (κ1) is 17.3. The van der Waals surface area contributed by atoms with Crippen molar-refractivity contribution in [3.05, 3.63) is 39.9 Å². The average molecular weight is 393 g/mol. The molecule has 0 radical (unpaired) electrons. The Morgan fingerprint density at radius 1 is 1.09 bits per heavy atom. The fourth-order valence-corrected chi connectivity index (χ4v) is 5.06. The van der Waals surface area contributed by atoms with Crippen LogP contribution in [0.4, 0.5) is 0 Å². The minimum absolute atomic E-state index is 0.225. The van der Waals surface area contributed by atoms with Gasteiger partial charge in [0.05, 0.1) is 0 Å². The fourth-order valence-electron chi connectivity index (χ4n) is 3.67. The number of rotatable bonds is 2. The second kappa shape index (κ2) is 5.77. The van der Waals surface area contributed by atoms with Gasteiger partial charge in [-0.15, -0.1) is 0 Å². The predicted octanol–water partition coefficient (Wildman–Crippen LogP) is 7.03. The summed E-state index contributed by atoms with van der Waals surface area (Å²) in [5, 5.41) is 0.225. The summed E-state index contributed by atoms with van der Waals surface area (Å²) in [5.74, 6) is 1.15. The highest BCUT2D eigenvalue weighted by Gasteiger charge is 2.44. The summed E-state index contributed by atoms with van der Waals surface area (Å²) >= 11 is 3.65. The van der Waals surface area contributed by atoms with Crippen molar-refractivity contribution in [1.82, 2.24) is 0 Å². The van der Waals surface area contributed by atoms with Gasteiger partial charge >= 0.3 is 0 Å². The largest absolute Gasteiger partial charge is 0.543 e. The van der Waals surface area contributed by atoms with Crippen molar-refractivity contribution < 1.29 is 4.43 Å². The van der Waals surface area contributed by atoms with Gasteiger partial charge in [-0.1, -0.05) is 62.0 Å². The Hall–Kier alpha value is -0.543. The topological polar surface area (TPSA) is 9.23 Å². The van der Waals surface area contributed by atoms with E-state index in [9.17, 15) is 0 Å². The molecule has 2 aliphatic rings.